The van der Waals surface area contributed by atoms with Crippen molar-refractivity contribution in [2.24, 2.45) is 0 Å². The van der Waals surface area contributed by atoms with E-state index in [-0.39, 0.29) is 12.2 Å². The number of nitrogens with one attached hydrogen (secondary N) is 1. The highest BCUT2D eigenvalue weighted by Crippen LogP contribution is 2.53. The average Bonchev–Trinajstić information content (AvgIpc) is 3.26. The number of imide groups is 1. The molecule has 0 fully saturated rings. The van der Waals surface area contributed by atoms with Gasteiger partial charge >= 0.3 is 12.2 Å². The summed E-state index contributed by atoms with van der Waals surface area (Å²) < 4.78 is 11.4. The van der Waals surface area contributed by atoms with Gasteiger partial charge in [-0.2, -0.15) is 0 Å². The quantitative estimate of drug-likeness (QED) is 0.382. The third-order valence-electron chi connectivity index (χ3n) is 6.46. The number of ether oxygens (including phenoxy) is 2. The number of carbonyl (C=O) groups excluding carboxylic acids is 3. The van der Waals surface area contributed by atoms with Crippen molar-refractivity contribution in [2.45, 2.75) is 64.7 Å². The summed E-state index contributed by atoms with van der Waals surface area (Å²) in [5, 5.41) is 1.30. The van der Waals surface area contributed by atoms with E-state index in [9.17, 15) is 14.4 Å². The summed E-state index contributed by atoms with van der Waals surface area (Å²) in [6.07, 6.45) is -0.995. The Labute approximate surface area is 220 Å². The summed E-state index contributed by atoms with van der Waals surface area (Å²) >= 11 is 6.35. The van der Waals surface area contributed by atoms with Gasteiger partial charge < -0.3 is 14.5 Å². The fourth-order valence-corrected chi connectivity index (χ4v) is 5.38. The van der Waals surface area contributed by atoms with E-state index in [0.29, 0.717) is 22.7 Å². The summed E-state index contributed by atoms with van der Waals surface area (Å²) in [7, 11) is 0. The molecule has 0 radical (unpaired) electrons. The Morgan fingerprint density at radius 1 is 0.973 bits per heavy atom. The normalized spacial score (nSPS) is 19.3. The van der Waals surface area contributed by atoms with E-state index >= 15 is 0 Å². The van der Waals surface area contributed by atoms with Crippen LogP contribution in [0.3, 0.4) is 0 Å². The van der Waals surface area contributed by atoms with Crippen molar-refractivity contribution in [3.05, 3.63) is 64.3 Å². The molecule has 3 aromatic rings. The third-order valence-corrected chi connectivity index (χ3v) is 6.69. The van der Waals surface area contributed by atoms with Gasteiger partial charge in [-0.15, -0.1) is 0 Å². The standard InChI is InChI=1S/C28H30ClN3O5/c1-26(2,3)36-24(34)31-14-13-18-17-9-7-8-10-20(17)30-22(18)28(31)19-12-11-16(29)15-21(19)32(23(28)33)25(35)37-27(4,5)6/h7-12,15,30H,13-14H2,1-6H3/t28-/m1/s1. The molecule has 1 spiro atoms. The number of aromatic nitrogens is 1. The summed E-state index contributed by atoms with van der Waals surface area (Å²) in [4.78, 5) is 47.6. The molecule has 37 heavy (non-hydrogen) atoms. The van der Waals surface area contributed by atoms with Gasteiger partial charge in [0.25, 0.3) is 5.91 Å². The maximum atomic E-state index is 14.6. The maximum absolute atomic E-state index is 14.6. The van der Waals surface area contributed by atoms with Crippen molar-refractivity contribution < 1.29 is 23.9 Å². The number of para-hydroxylation sites is 1. The Balaban J connectivity index is 1.81. The smallest absolute Gasteiger partial charge is 0.421 e. The minimum atomic E-state index is -1.67. The van der Waals surface area contributed by atoms with Crippen LogP contribution in [0.1, 0.15) is 58.4 Å². The number of benzene rings is 2. The first kappa shape index (κ1) is 25.1. The Morgan fingerprint density at radius 3 is 2.30 bits per heavy atom. The summed E-state index contributed by atoms with van der Waals surface area (Å²) in [6, 6.07) is 12.6. The molecule has 1 N–H and O–H groups in total. The van der Waals surface area contributed by atoms with Crippen molar-refractivity contribution in [2.75, 3.05) is 11.4 Å². The van der Waals surface area contributed by atoms with Gasteiger partial charge in [0.05, 0.1) is 11.4 Å². The first-order chi connectivity index (χ1) is 17.2. The molecule has 2 aliphatic heterocycles. The van der Waals surface area contributed by atoms with Gasteiger partial charge in [-0.25, -0.2) is 14.5 Å². The fourth-order valence-electron chi connectivity index (χ4n) is 5.21. The summed E-state index contributed by atoms with van der Waals surface area (Å²) in [5.41, 5.74) is -0.327. The van der Waals surface area contributed by atoms with Crippen molar-refractivity contribution in [3.8, 4) is 0 Å². The number of H-pyrrole nitrogens is 1. The molecule has 3 amide bonds. The van der Waals surface area contributed by atoms with E-state index in [1.54, 1.807) is 59.7 Å². The maximum Gasteiger partial charge on any atom is 0.421 e. The fraction of sp³-hybridized carbons (Fsp3) is 0.393. The minimum Gasteiger partial charge on any atom is -0.444 e. The molecule has 0 saturated carbocycles. The number of amides is 3. The summed E-state index contributed by atoms with van der Waals surface area (Å²) in [6.45, 7) is 10.7. The van der Waals surface area contributed by atoms with Gasteiger partial charge in [0.2, 0.25) is 0 Å². The van der Waals surface area contributed by atoms with Crippen molar-refractivity contribution >= 4 is 46.3 Å². The first-order valence-corrected chi connectivity index (χ1v) is 12.6. The number of anilines is 1. The van der Waals surface area contributed by atoms with Crippen LogP contribution in [0.2, 0.25) is 5.02 Å². The van der Waals surface area contributed by atoms with E-state index < -0.39 is 34.8 Å². The van der Waals surface area contributed by atoms with Crippen LogP contribution in [-0.4, -0.2) is 45.7 Å². The second kappa shape index (κ2) is 8.25. The number of hydrogen-bond donors (Lipinski definition) is 1. The average molecular weight is 524 g/mol. The molecule has 2 aromatic carbocycles. The number of aromatic amines is 1. The highest BCUT2D eigenvalue weighted by molar-refractivity contribution is 6.32. The number of hydrogen-bond acceptors (Lipinski definition) is 5. The molecule has 0 bridgehead atoms. The molecular weight excluding hydrogens is 494 g/mol. The first-order valence-electron chi connectivity index (χ1n) is 12.2. The predicted molar refractivity (Wildman–Crippen MR) is 141 cm³/mol. The molecule has 0 unspecified atom stereocenters. The second-order valence-corrected chi connectivity index (χ2v) is 11.8. The molecular formula is C28H30ClN3O5. The lowest BCUT2D eigenvalue weighted by Crippen LogP contribution is -2.60. The number of halogens is 1. The van der Waals surface area contributed by atoms with Gasteiger partial charge in [0.1, 0.15) is 11.2 Å². The van der Waals surface area contributed by atoms with Crippen LogP contribution < -0.4 is 4.90 Å². The van der Waals surface area contributed by atoms with Crippen molar-refractivity contribution in [3.63, 3.8) is 0 Å². The lowest BCUT2D eigenvalue weighted by atomic mass is 9.80. The van der Waals surface area contributed by atoms with E-state index in [0.717, 1.165) is 21.4 Å². The molecule has 3 heterocycles. The molecule has 1 atom stereocenters. The molecule has 9 heteroatoms. The molecule has 0 aliphatic carbocycles. The van der Waals surface area contributed by atoms with E-state index in [4.69, 9.17) is 21.1 Å². The molecule has 8 nitrogen and oxygen atoms in total. The zero-order chi connectivity index (χ0) is 26.9. The lowest BCUT2D eigenvalue weighted by Gasteiger charge is -2.43. The van der Waals surface area contributed by atoms with Crippen LogP contribution >= 0.6 is 11.6 Å². The lowest BCUT2D eigenvalue weighted by molar-refractivity contribution is -0.128. The van der Waals surface area contributed by atoms with Crippen molar-refractivity contribution in [1.29, 1.82) is 0 Å². The third kappa shape index (κ3) is 3.94. The Morgan fingerprint density at radius 2 is 1.62 bits per heavy atom. The van der Waals surface area contributed by atoms with Gasteiger partial charge in [-0.3, -0.25) is 9.69 Å². The molecule has 194 valence electrons. The zero-order valence-corrected chi connectivity index (χ0v) is 22.5. The molecule has 0 saturated heterocycles. The van der Waals surface area contributed by atoms with Crippen molar-refractivity contribution in [1.82, 2.24) is 9.88 Å². The topological polar surface area (TPSA) is 91.9 Å². The van der Waals surface area contributed by atoms with Gasteiger partial charge in [-0.1, -0.05) is 35.9 Å². The highest BCUT2D eigenvalue weighted by Gasteiger charge is 2.63. The number of carbonyl (C=O) groups is 3. The van der Waals surface area contributed by atoms with Gasteiger partial charge in [0, 0.05) is 28.0 Å². The largest absolute Gasteiger partial charge is 0.444 e. The van der Waals surface area contributed by atoms with Crippen LogP contribution in [0.15, 0.2) is 42.5 Å². The van der Waals surface area contributed by atoms with Gasteiger partial charge in [-0.05, 0) is 71.7 Å². The van der Waals surface area contributed by atoms with Crippen LogP contribution in [0.5, 0.6) is 0 Å². The predicted octanol–water partition coefficient (Wildman–Crippen LogP) is 6.14. The number of rotatable bonds is 0. The number of fused-ring (bicyclic) bond motifs is 6. The van der Waals surface area contributed by atoms with Crippen LogP contribution in [0.4, 0.5) is 15.3 Å². The SMILES string of the molecule is CC(C)(C)OC(=O)N1C(=O)[C@@]2(c3ccc(Cl)cc31)c1[nH]c3ccccc3c1CCN2C(=O)OC(C)(C)C. The monoisotopic (exact) mass is 523 g/mol. The molecule has 2 aliphatic rings. The van der Waals surface area contributed by atoms with Crippen LogP contribution in [-0.2, 0) is 26.2 Å². The van der Waals surface area contributed by atoms with Gasteiger partial charge in [0.15, 0.2) is 5.54 Å². The molecule has 5 rings (SSSR count). The Bertz CT molecular complexity index is 1450. The second-order valence-electron chi connectivity index (χ2n) is 11.4. The van der Waals surface area contributed by atoms with E-state index in [1.807, 2.05) is 24.3 Å². The van der Waals surface area contributed by atoms with E-state index in [1.165, 1.54) is 4.90 Å². The Hall–Kier alpha value is -3.52. The zero-order valence-electron chi connectivity index (χ0n) is 21.8. The summed E-state index contributed by atoms with van der Waals surface area (Å²) in [5.74, 6) is -0.627. The highest BCUT2D eigenvalue weighted by atomic mass is 35.5. The van der Waals surface area contributed by atoms with E-state index in [2.05, 4.69) is 4.98 Å². The minimum absolute atomic E-state index is 0.208. The number of nitrogens with zero attached hydrogens (tertiary/aromatic N) is 2. The van der Waals surface area contributed by atoms with Crippen LogP contribution in [0, 0.1) is 0 Å². The Kier molecular flexibility index (Phi) is 5.60. The van der Waals surface area contributed by atoms with Crippen LogP contribution in [0.25, 0.3) is 10.9 Å². The molecule has 1 aromatic heterocycles.